The zero-order valence-corrected chi connectivity index (χ0v) is 32.9. The van der Waals surface area contributed by atoms with Crippen molar-refractivity contribution < 1.29 is 30.9 Å². The van der Waals surface area contributed by atoms with Gasteiger partial charge in [-0.05, 0) is 72.7 Å². The molecule has 0 saturated heterocycles. The van der Waals surface area contributed by atoms with Crippen LogP contribution in [0.25, 0.3) is 52.2 Å². The molecule has 11 heteroatoms. The van der Waals surface area contributed by atoms with Crippen LogP contribution in [0.1, 0.15) is 56.9 Å². The first-order chi connectivity index (χ1) is 26.0. The smallest absolute Gasteiger partial charge is 0.298 e. The molecule has 2 aromatic heterocycles. The number of rotatable bonds is 2. The van der Waals surface area contributed by atoms with Gasteiger partial charge in [0.15, 0.2) is 11.6 Å². The maximum absolute atomic E-state index is 16.5. The highest BCUT2D eigenvalue weighted by molar-refractivity contribution is 7.86. The molecule has 1 aliphatic carbocycles. The Labute approximate surface area is 323 Å². The predicted octanol–water partition coefficient (Wildman–Crippen LogP) is 10.6. The van der Waals surface area contributed by atoms with Gasteiger partial charge in [0.05, 0.1) is 5.54 Å². The Kier molecular flexibility index (Phi) is 6.97. The first-order valence-electron chi connectivity index (χ1n) is 17.7. The molecule has 0 fully saturated rings. The van der Waals surface area contributed by atoms with Crippen molar-refractivity contribution in [1.29, 1.82) is 0 Å². The van der Waals surface area contributed by atoms with E-state index in [1.54, 1.807) is 28.7 Å². The minimum atomic E-state index is -5.42. The molecule has 0 atom stereocenters. The Hall–Kier alpha value is -4.94. The molecular weight excluding hydrogens is 760 g/mol. The number of halogens is 3. The van der Waals surface area contributed by atoms with Crippen LogP contribution in [0.3, 0.4) is 0 Å². The average Bonchev–Trinajstić information content (AvgIpc) is 3.73. The SMILES string of the molecule is CC1=c2cc3c(cc2-c2sc4ccccc4c2C1(C)C)=C(c1c(F)c(F)cc(F)c1S(=O)(=O)O)c1cc2c(cc1O3)N(C)C(C)(C)c1c-2sc2ccccc12. The van der Waals surface area contributed by atoms with E-state index in [4.69, 9.17) is 4.74 Å². The van der Waals surface area contributed by atoms with Crippen molar-refractivity contribution in [2.75, 3.05) is 11.9 Å². The Balaban J connectivity index is 1.39. The van der Waals surface area contributed by atoms with Crippen molar-refractivity contribution in [3.8, 4) is 32.4 Å². The van der Waals surface area contributed by atoms with Crippen molar-refractivity contribution in [2.45, 2.75) is 50.5 Å². The van der Waals surface area contributed by atoms with Crippen molar-refractivity contribution in [3.63, 3.8) is 0 Å². The first-order valence-corrected chi connectivity index (χ1v) is 20.8. The minimum Gasteiger partial charge on any atom is -0.456 e. The molecule has 276 valence electrons. The number of fused-ring (bicyclic) bond motifs is 12. The predicted molar refractivity (Wildman–Crippen MR) is 215 cm³/mol. The lowest BCUT2D eigenvalue weighted by Crippen LogP contribution is -2.41. The fourth-order valence-corrected chi connectivity index (χ4v) is 12.5. The van der Waals surface area contributed by atoms with Crippen LogP contribution in [0.15, 0.2) is 83.8 Å². The van der Waals surface area contributed by atoms with E-state index in [1.807, 2.05) is 49.5 Å². The standard InChI is InChI=1S/C44H32F3NO4S3/c1-20-23-17-31-26(15-24(23)40-37(43(20,2)3)21-11-7-9-13-33(21)53-40)35(36-39(47)28(45)18-29(46)42(36)55(49,50)51)27-16-25-30(19-32(27)52-31)48(6)44(4,5)38-22-12-8-10-14-34(22)54-41(25)38/h7-19H,1-6H3,(H,49,50,51). The van der Waals surface area contributed by atoms with E-state index < -0.39 is 43.6 Å². The van der Waals surface area contributed by atoms with Gasteiger partial charge >= 0.3 is 0 Å². The molecule has 0 amide bonds. The lowest BCUT2D eigenvalue weighted by Gasteiger charge is -2.43. The zero-order valence-electron chi connectivity index (χ0n) is 30.5. The van der Waals surface area contributed by atoms with Crippen LogP contribution in [-0.2, 0) is 21.1 Å². The second-order valence-corrected chi connectivity index (χ2v) is 19.0. The largest absolute Gasteiger partial charge is 0.456 e. The topological polar surface area (TPSA) is 66.8 Å². The van der Waals surface area contributed by atoms with E-state index >= 15 is 13.2 Å². The number of benzene rings is 5. The van der Waals surface area contributed by atoms with Crippen LogP contribution in [0.2, 0.25) is 0 Å². The van der Waals surface area contributed by atoms with Gasteiger partial charge in [0, 0.05) is 88.0 Å². The number of hydrogen-bond acceptors (Lipinski definition) is 6. The van der Waals surface area contributed by atoms with Crippen molar-refractivity contribution in [1.82, 2.24) is 0 Å². The Morgan fingerprint density at radius 2 is 1.35 bits per heavy atom. The second-order valence-electron chi connectivity index (χ2n) is 15.5. The Bertz CT molecular complexity index is 3180. The summed E-state index contributed by atoms with van der Waals surface area (Å²) in [4.78, 5) is 2.74. The third-order valence-corrected chi connectivity index (χ3v) is 15.4. The van der Waals surface area contributed by atoms with E-state index in [-0.39, 0.29) is 39.3 Å². The lowest BCUT2D eigenvalue weighted by molar-refractivity contribution is 0.453. The molecule has 0 radical (unpaired) electrons. The molecule has 1 N–H and O–H groups in total. The third kappa shape index (κ3) is 4.52. The highest BCUT2D eigenvalue weighted by Gasteiger charge is 2.42. The van der Waals surface area contributed by atoms with Crippen LogP contribution < -0.4 is 20.1 Å². The molecule has 0 unspecified atom stereocenters. The van der Waals surface area contributed by atoms with Crippen molar-refractivity contribution in [3.05, 3.63) is 129 Å². The Morgan fingerprint density at radius 1 is 0.727 bits per heavy atom. The summed E-state index contributed by atoms with van der Waals surface area (Å²) < 4.78 is 93.0. The van der Waals surface area contributed by atoms with Crippen molar-refractivity contribution in [2.24, 2.45) is 0 Å². The van der Waals surface area contributed by atoms with E-state index in [0.717, 1.165) is 68.7 Å². The molecule has 55 heavy (non-hydrogen) atoms. The second kappa shape index (κ2) is 11.1. The summed E-state index contributed by atoms with van der Waals surface area (Å²) >= 11 is 3.21. The molecule has 10 rings (SSSR count). The van der Waals surface area contributed by atoms with Crippen molar-refractivity contribution >= 4 is 69.8 Å². The molecule has 5 nitrogen and oxygen atoms in total. The van der Waals surface area contributed by atoms with Gasteiger partial charge in [-0.2, -0.15) is 8.42 Å². The summed E-state index contributed by atoms with van der Waals surface area (Å²) in [5.41, 5.74) is 4.00. The highest BCUT2D eigenvalue weighted by Crippen LogP contribution is 2.56. The van der Waals surface area contributed by atoms with Gasteiger partial charge in [-0.25, -0.2) is 13.2 Å². The van der Waals surface area contributed by atoms with E-state index in [0.29, 0.717) is 0 Å². The van der Waals surface area contributed by atoms with Crippen LogP contribution >= 0.6 is 22.7 Å². The number of hydrogen-bond donors (Lipinski definition) is 1. The maximum atomic E-state index is 16.5. The van der Waals surface area contributed by atoms with E-state index in [2.05, 4.69) is 63.8 Å². The summed E-state index contributed by atoms with van der Waals surface area (Å²) in [5, 5.41) is 3.31. The molecular formula is C44H32F3NO4S3. The van der Waals surface area contributed by atoms with Gasteiger partial charge in [-0.1, -0.05) is 55.8 Å². The van der Waals surface area contributed by atoms with Gasteiger partial charge in [-0.15, -0.1) is 22.7 Å². The minimum absolute atomic E-state index is 0.106. The summed E-state index contributed by atoms with van der Waals surface area (Å²) in [7, 11) is -3.44. The summed E-state index contributed by atoms with van der Waals surface area (Å²) in [6.07, 6.45) is 0. The van der Waals surface area contributed by atoms with Crippen LogP contribution in [0.5, 0.6) is 11.5 Å². The number of nitrogens with zero attached hydrogens (tertiary/aromatic N) is 1. The normalized spacial score (nSPS) is 16.3. The highest BCUT2D eigenvalue weighted by atomic mass is 32.2. The lowest BCUT2D eigenvalue weighted by atomic mass is 9.71. The monoisotopic (exact) mass is 791 g/mol. The number of anilines is 1. The van der Waals surface area contributed by atoms with Gasteiger partial charge in [-0.3, -0.25) is 4.55 Å². The van der Waals surface area contributed by atoms with Crippen LogP contribution in [0.4, 0.5) is 18.9 Å². The van der Waals surface area contributed by atoms with Gasteiger partial charge in [0.2, 0.25) is 0 Å². The summed E-state index contributed by atoms with van der Waals surface area (Å²) in [6.45, 7) is 10.7. The van der Waals surface area contributed by atoms with Gasteiger partial charge < -0.3 is 9.64 Å². The average molecular weight is 792 g/mol. The summed E-state index contributed by atoms with van der Waals surface area (Å²) in [6, 6.07) is 23.7. The third-order valence-electron chi connectivity index (χ3n) is 12.1. The quantitative estimate of drug-likeness (QED) is 0.140. The molecule has 0 bridgehead atoms. The molecule has 7 aromatic rings. The number of ether oxygens (including phenoxy) is 1. The molecule has 5 aromatic carbocycles. The van der Waals surface area contributed by atoms with Crippen LogP contribution in [0, 0.1) is 17.5 Å². The molecule has 4 heterocycles. The molecule has 2 aliphatic heterocycles. The molecule has 3 aliphatic rings. The van der Waals surface area contributed by atoms with Gasteiger partial charge in [0.1, 0.15) is 22.2 Å². The molecule has 0 spiro atoms. The van der Waals surface area contributed by atoms with Gasteiger partial charge in [0.25, 0.3) is 10.1 Å². The van der Waals surface area contributed by atoms with E-state index in [9.17, 15) is 13.0 Å². The first kappa shape index (κ1) is 34.5. The van der Waals surface area contributed by atoms with Crippen LogP contribution in [-0.4, -0.2) is 20.0 Å². The Morgan fingerprint density at radius 3 is 2.00 bits per heavy atom. The molecule has 0 saturated carbocycles. The fraction of sp³-hybridized carbons (Fsp3) is 0.182. The fourth-order valence-electron chi connectivity index (χ4n) is 8.94. The number of thiophene rings is 2. The maximum Gasteiger partial charge on any atom is 0.298 e. The van der Waals surface area contributed by atoms with E-state index in [1.165, 1.54) is 0 Å². The summed E-state index contributed by atoms with van der Waals surface area (Å²) in [5.74, 6) is -4.31. The zero-order chi connectivity index (χ0) is 38.7.